The largest absolute Gasteiger partial charge is 0.344 e. The van der Waals surface area contributed by atoms with Gasteiger partial charge in [0.05, 0.1) is 27.1 Å². The van der Waals surface area contributed by atoms with Gasteiger partial charge in [0.25, 0.3) is 0 Å². The van der Waals surface area contributed by atoms with Gasteiger partial charge >= 0.3 is 0 Å². The second kappa shape index (κ2) is 7.52. The van der Waals surface area contributed by atoms with Gasteiger partial charge in [-0.3, -0.25) is 4.79 Å². The van der Waals surface area contributed by atoms with Crippen molar-refractivity contribution in [2.24, 2.45) is 16.0 Å². The lowest BCUT2D eigenvalue weighted by Gasteiger charge is -2.19. The van der Waals surface area contributed by atoms with Gasteiger partial charge in [-0.2, -0.15) is 5.10 Å². The van der Waals surface area contributed by atoms with Crippen molar-refractivity contribution < 1.29 is 4.79 Å². The van der Waals surface area contributed by atoms with Gasteiger partial charge in [-0.1, -0.05) is 13.0 Å². The van der Waals surface area contributed by atoms with E-state index >= 15 is 0 Å². The third kappa shape index (κ3) is 3.80. The highest BCUT2D eigenvalue weighted by molar-refractivity contribution is 7.16. The zero-order valence-electron chi connectivity index (χ0n) is 16.0. The van der Waals surface area contributed by atoms with Crippen molar-refractivity contribution in [3.8, 4) is 0 Å². The summed E-state index contributed by atoms with van der Waals surface area (Å²) in [7, 11) is 0. The summed E-state index contributed by atoms with van der Waals surface area (Å²) in [6.07, 6.45) is 0.463. The number of carbonyl (C=O) groups excluding carboxylic acids is 1. The highest BCUT2D eigenvalue weighted by Gasteiger charge is 2.21. The van der Waals surface area contributed by atoms with E-state index in [-0.39, 0.29) is 11.8 Å². The van der Waals surface area contributed by atoms with Crippen LogP contribution in [0.1, 0.15) is 31.4 Å². The number of carbonyl (C=O) groups is 1. The van der Waals surface area contributed by atoms with E-state index in [9.17, 15) is 4.79 Å². The van der Waals surface area contributed by atoms with Gasteiger partial charge in [0.1, 0.15) is 5.84 Å². The summed E-state index contributed by atoms with van der Waals surface area (Å²) in [5.74, 6) is 0.885. The number of amidine groups is 1. The number of anilines is 1. The summed E-state index contributed by atoms with van der Waals surface area (Å²) in [5, 5.41) is 7.58. The topological polar surface area (TPSA) is 78.7 Å². The van der Waals surface area contributed by atoms with Crippen molar-refractivity contribution in [1.29, 1.82) is 0 Å². The zero-order chi connectivity index (χ0) is 19.7. The number of thiazole rings is 1. The van der Waals surface area contributed by atoms with E-state index in [1.807, 2.05) is 50.5 Å². The van der Waals surface area contributed by atoms with Gasteiger partial charge in [-0.25, -0.2) is 15.4 Å². The summed E-state index contributed by atoms with van der Waals surface area (Å²) in [4.78, 5) is 20.5. The number of aryl methyl sites for hydroxylation is 1. The molecule has 2 aromatic carbocycles. The minimum atomic E-state index is -0.0348. The number of aromatic nitrogens is 1. The number of hydrazone groups is 1. The smallest absolute Gasteiger partial charge is 0.240 e. The van der Waals surface area contributed by atoms with E-state index in [1.54, 1.807) is 11.3 Å². The van der Waals surface area contributed by atoms with Crippen molar-refractivity contribution in [2.45, 2.75) is 27.2 Å². The lowest BCUT2D eigenvalue weighted by Crippen LogP contribution is -2.31. The molecule has 0 aliphatic carbocycles. The molecule has 0 spiro atoms. The monoisotopic (exact) mass is 391 g/mol. The van der Waals surface area contributed by atoms with Gasteiger partial charge < -0.3 is 5.32 Å². The van der Waals surface area contributed by atoms with E-state index in [4.69, 9.17) is 4.99 Å². The van der Waals surface area contributed by atoms with Crippen LogP contribution in [0.2, 0.25) is 0 Å². The number of fused-ring (bicyclic) bond motifs is 1. The van der Waals surface area contributed by atoms with Crippen LogP contribution in [0, 0.1) is 12.8 Å². The van der Waals surface area contributed by atoms with Gasteiger partial charge in [-0.15, -0.1) is 11.3 Å². The molecule has 1 unspecified atom stereocenters. The SMILES string of the molecule is CC(=Nc1ccc(C2=NNC(=O)CC2C)cc1C)Nc1ccc2ncsc2c1. The Balaban J connectivity index is 1.54. The summed E-state index contributed by atoms with van der Waals surface area (Å²) in [6.45, 7) is 6.01. The molecular weight excluding hydrogens is 370 g/mol. The van der Waals surface area contributed by atoms with E-state index in [1.165, 1.54) is 0 Å². The molecule has 1 aromatic heterocycles. The molecule has 3 aromatic rings. The first-order valence-corrected chi connectivity index (χ1v) is 10.0. The fourth-order valence-electron chi connectivity index (χ4n) is 3.29. The maximum absolute atomic E-state index is 11.5. The molecule has 28 heavy (non-hydrogen) atoms. The Morgan fingerprint density at radius 3 is 2.93 bits per heavy atom. The minimum absolute atomic E-state index is 0.0348. The summed E-state index contributed by atoms with van der Waals surface area (Å²) < 4.78 is 1.15. The van der Waals surface area contributed by atoms with E-state index < -0.39 is 0 Å². The van der Waals surface area contributed by atoms with Crippen molar-refractivity contribution in [3.05, 3.63) is 53.0 Å². The quantitative estimate of drug-likeness (QED) is 0.505. The van der Waals surface area contributed by atoms with Gasteiger partial charge in [-0.05, 0) is 55.3 Å². The molecule has 1 aliphatic heterocycles. The Morgan fingerprint density at radius 2 is 2.14 bits per heavy atom. The lowest BCUT2D eigenvalue weighted by atomic mass is 9.93. The molecule has 2 N–H and O–H groups in total. The molecular formula is C21H21N5OS. The molecule has 7 heteroatoms. The molecule has 4 rings (SSSR count). The van der Waals surface area contributed by atoms with Crippen molar-refractivity contribution in [1.82, 2.24) is 10.4 Å². The highest BCUT2D eigenvalue weighted by atomic mass is 32.1. The van der Waals surface area contributed by atoms with E-state index in [0.29, 0.717) is 6.42 Å². The third-order valence-corrected chi connectivity index (χ3v) is 5.49. The Bertz CT molecular complexity index is 1110. The third-order valence-electron chi connectivity index (χ3n) is 4.70. The Hall–Kier alpha value is -3.06. The fraction of sp³-hybridized carbons (Fsp3) is 0.238. The minimum Gasteiger partial charge on any atom is -0.344 e. The highest BCUT2D eigenvalue weighted by Crippen LogP contribution is 2.25. The molecule has 1 aliphatic rings. The standard InChI is InChI=1S/C21H21N5OS/c1-12-8-15(21-13(2)9-20(27)25-26-21)4-6-17(12)24-14(3)23-16-5-7-18-19(10-16)28-11-22-18/h4-8,10-11,13H,9H2,1-3H3,(H,23,24)(H,25,27). The van der Waals surface area contributed by atoms with Gasteiger partial charge in [0.2, 0.25) is 5.91 Å². The van der Waals surface area contributed by atoms with Crippen molar-refractivity contribution >= 4 is 50.4 Å². The van der Waals surface area contributed by atoms with Gasteiger partial charge in [0, 0.05) is 18.0 Å². The molecule has 1 atom stereocenters. The summed E-state index contributed by atoms with van der Waals surface area (Å²) >= 11 is 1.62. The number of aliphatic imine (C=N–C) groups is 1. The van der Waals surface area contributed by atoms with Crippen LogP contribution in [0.4, 0.5) is 11.4 Å². The fourth-order valence-corrected chi connectivity index (χ4v) is 4.01. The number of hydrogen-bond acceptors (Lipinski definition) is 5. The van der Waals surface area contributed by atoms with Crippen molar-refractivity contribution in [3.63, 3.8) is 0 Å². The van der Waals surface area contributed by atoms with Crippen molar-refractivity contribution in [2.75, 3.05) is 5.32 Å². The maximum Gasteiger partial charge on any atom is 0.240 e. The van der Waals surface area contributed by atoms with Gasteiger partial charge in [0.15, 0.2) is 0 Å². The maximum atomic E-state index is 11.5. The first-order valence-electron chi connectivity index (χ1n) is 9.12. The number of rotatable bonds is 3. The van der Waals surface area contributed by atoms with E-state index in [0.717, 1.165) is 44.3 Å². The van der Waals surface area contributed by atoms with Crippen LogP contribution < -0.4 is 10.7 Å². The molecule has 0 saturated carbocycles. The number of amides is 1. The number of benzene rings is 2. The molecule has 142 valence electrons. The van der Waals surface area contributed by atoms with Crippen LogP contribution in [0.3, 0.4) is 0 Å². The first kappa shape index (κ1) is 18.3. The van der Waals surface area contributed by atoms with Crippen LogP contribution in [-0.4, -0.2) is 22.4 Å². The number of nitrogens with zero attached hydrogens (tertiary/aromatic N) is 3. The van der Waals surface area contributed by atoms with Crippen LogP contribution in [0.5, 0.6) is 0 Å². The van der Waals surface area contributed by atoms with Crippen LogP contribution in [0.25, 0.3) is 10.2 Å². The van der Waals surface area contributed by atoms with Crippen LogP contribution in [0.15, 0.2) is 52.0 Å². The summed E-state index contributed by atoms with van der Waals surface area (Å²) in [6, 6.07) is 12.2. The second-order valence-electron chi connectivity index (χ2n) is 7.00. The molecule has 0 saturated heterocycles. The number of hydrogen-bond donors (Lipinski definition) is 2. The molecule has 6 nitrogen and oxygen atoms in total. The second-order valence-corrected chi connectivity index (χ2v) is 7.88. The first-order chi connectivity index (χ1) is 13.5. The Kier molecular flexibility index (Phi) is 4.92. The zero-order valence-corrected chi connectivity index (χ0v) is 16.8. The Morgan fingerprint density at radius 1 is 1.29 bits per heavy atom. The molecule has 0 radical (unpaired) electrons. The molecule has 2 heterocycles. The predicted octanol–water partition coefficient (Wildman–Crippen LogP) is 4.63. The molecule has 0 bridgehead atoms. The average Bonchev–Trinajstić information content (AvgIpc) is 3.11. The number of nitrogens with one attached hydrogen (secondary N) is 2. The predicted molar refractivity (Wildman–Crippen MR) is 116 cm³/mol. The summed E-state index contributed by atoms with van der Waals surface area (Å²) in [5.41, 5.74) is 10.3. The molecule has 0 fully saturated rings. The Labute approximate surface area is 167 Å². The molecule has 1 amide bonds. The average molecular weight is 392 g/mol. The van der Waals surface area contributed by atoms with Crippen LogP contribution in [-0.2, 0) is 4.79 Å². The normalized spacial score (nSPS) is 17.4. The van der Waals surface area contributed by atoms with Crippen LogP contribution >= 0.6 is 11.3 Å². The lowest BCUT2D eigenvalue weighted by molar-refractivity contribution is -0.121. The van der Waals surface area contributed by atoms with E-state index in [2.05, 4.69) is 33.0 Å².